The van der Waals surface area contributed by atoms with Crippen molar-refractivity contribution in [1.29, 1.82) is 0 Å². The van der Waals surface area contributed by atoms with E-state index >= 15 is 0 Å². The topological polar surface area (TPSA) is 21.3 Å². The second-order valence-electron chi connectivity index (χ2n) is 6.57. The van der Waals surface area contributed by atoms with Crippen LogP contribution >= 0.6 is 0 Å². The van der Waals surface area contributed by atoms with Crippen LogP contribution in [0.15, 0.2) is 0 Å². The lowest BCUT2D eigenvalue weighted by Crippen LogP contribution is -2.60. The Hall–Kier alpha value is -0.0800. The Labute approximate surface area is 113 Å². The Bertz CT molecular complexity index is 236. The van der Waals surface area contributed by atoms with Gasteiger partial charge in [-0.3, -0.25) is 0 Å². The van der Waals surface area contributed by atoms with Gasteiger partial charge >= 0.3 is 0 Å². The first kappa shape index (κ1) is 14.3. The molecular formula is C16H31NO. The number of hydrogen-bond donors (Lipinski definition) is 1. The molecule has 0 saturated heterocycles. The van der Waals surface area contributed by atoms with Gasteiger partial charge in [-0.15, -0.1) is 0 Å². The molecule has 2 aliphatic rings. The molecule has 1 atom stereocenters. The molecule has 0 bridgehead atoms. The zero-order chi connectivity index (χ0) is 13.0. The molecule has 2 nitrogen and oxygen atoms in total. The average molecular weight is 253 g/mol. The third kappa shape index (κ3) is 2.91. The molecule has 1 unspecified atom stereocenters. The van der Waals surface area contributed by atoms with Crippen molar-refractivity contribution in [3.05, 3.63) is 0 Å². The summed E-state index contributed by atoms with van der Waals surface area (Å²) in [5, 5.41) is 3.82. The van der Waals surface area contributed by atoms with Gasteiger partial charge in [0.2, 0.25) is 0 Å². The molecule has 2 saturated carbocycles. The van der Waals surface area contributed by atoms with Gasteiger partial charge in [0.1, 0.15) is 0 Å². The molecule has 18 heavy (non-hydrogen) atoms. The van der Waals surface area contributed by atoms with E-state index in [1.54, 1.807) is 0 Å². The summed E-state index contributed by atoms with van der Waals surface area (Å²) in [6.45, 7) is 5.80. The maximum atomic E-state index is 5.95. The van der Waals surface area contributed by atoms with Crippen molar-refractivity contribution in [2.75, 3.05) is 13.7 Å². The second kappa shape index (κ2) is 6.38. The SMILES string of the molecule is CCCNC(C1CCC(C)CC1)C1(OC)CCC1. The molecule has 106 valence electrons. The highest BCUT2D eigenvalue weighted by atomic mass is 16.5. The van der Waals surface area contributed by atoms with E-state index in [-0.39, 0.29) is 5.60 Å². The Morgan fingerprint density at radius 1 is 1.22 bits per heavy atom. The van der Waals surface area contributed by atoms with Gasteiger partial charge in [-0.1, -0.05) is 26.7 Å². The van der Waals surface area contributed by atoms with E-state index in [2.05, 4.69) is 19.2 Å². The highest BCUT2D eigenvalue weighted by Crippen LogP contribution is 2.44. The van der Waals surface area contributed by atoms with E-state index in [1.807, 2.05) is 7.11 Å². The lowest BCUT2D eigenvalue weighted by atomic mass is 9.66. The fourth-order valence-electron chi connectivity index (χ4n) is 3.87. The summed E-state index contributed by atoms with van der Waals surface area (Å²) in [4.78, 5) is 0. The minimum Gasteiger partial charge on any atom is -0.377 e. The van der Waals surface area contributed by atoms with Gasteiger partial charge < -0.3 is 10.1 Å². The van der Waals surface area contributed by atoms with E-state index in [9.17, 15) is 0 Å². The van der Waals surface area contributed by atoms with E-state index in [1.165, 1.54) is 51.4 Å². The number of methoxy groups -OCH3 is 1. The largest absolute Gasteiger partial charge is 0.377 e. The van der Waals surface area contributed by atoms with Crippen LogP contribution in [0.2, 0.25) is 0 Å². The molecule has 0 amide bonds. The normalized spacial score (nSPS) is 32.8. The van der Waals surface area contributed by atoms with Crippen LogP contribution in [-0.4, -0.2) is 25.3 Å². The predicted octanol–water partition coefficient (Wildman–Crippen LogP) is 3.75. The van der Waals surface area contributed by atoms with Crippen molar-refractivity contribution < 1.29 is 4.74 Å². The van der Waals surface area contributed by atoms with Gasteiger partial charge in [0.25, 0.3) is 0 Å². The third-order valence-electron chi connectivity index (χ3n) is 5.32. The summed E-state index contributed by atoms with van der Waals surface area (Å²) in [5.74, 6) is 1.78. The molecule has 1 N–H and O–H groups in total. The molecule has 0 aromatic heterocycles. The average Bonchev–Trinajstić information content (AvgIpc) is 2.34. The summed E-state index contributed by atoms with van der Waals surface area (Å²) >= 11 is 0. The summed E-state index contributed by atoms with van der Waals surface area (Å²) in [5.41, 5.74) is 0.167. The van der Waals surface area contributed by atoms with Crippen molar-refractivity contribution in [2.24, 2.45) is 11.8 Å². The van der Waals surface area contributed by atoms with Crippen LogP contribution in [0.4, 0.5) is 0 Å². The molecule has 2 heteroatoms. The Morgan fingerprint density at radius 2 is 1.89 bits per heavy atom. The van der Waals surface area contributed by atoms with Crippen molar-refractivity contribution >= 4 is 0 Å². The van der Waals surface area contributed by atoms with Crippen LogP contribution in [0.1, 0.15) is 65.2 Å². The first-order valence-corrected chi connectivity index (χ1v) is 8.00. The molecule has 0 radical (unpaired) electrons. The van der Waals surface area contributed by atoms with Crippen molar-refractivity contribution in [3.63, 3.8) is 0 Å². The van der Waals surface area contributed by atoms with Gasteiger partial charge in [-0.05, 0) is 56.9 Å². The molecule has 2 aliphatic carbocycles. The predicted molar refractivity (Wildman–Crippen MR) is 76.8 cm³/mol. The summed E-state index contributed by atoms with van der Waals surface area (Å²) in [7, 11) is 1.92. The quantitative estimate of drug-likeness (QED) is 0.778. The van der Waals surface area contributed by atoms with Crippen LogP contribution in [0.5, 0.6) is 0 Å². The number of ether oxygens (including phenoxy) is 1. The fraction of sp³-hybridized carbons (Fsp3) is 1.00. The third-order valence-corrected chi connectivity index (χ3v) is 5.32. The minimum atomic E-state index is 0.167. The molecule has 0 aliphatic heterocycles. The highest BCUT2D eigenvalue weighted by molar-refractivity contribution is 5.03. The van der Waals surface area contributed by atoms with Crippen molar-refractivity contribution in [2.45, 2.75) is 76.9 Å². The fourth-order valence-corrected chi connectivity index (χ4v) is 3.87. The highest BCUT2D eigenvalue weighted by Gasteiger charge is 2.47. The molecule has 0 aromatic rings. The van der Waals surface area contributed by atoms with Crippen molar-refractivity contribution in [3.8, 4) is 0 Å². The first-order valence-electron chi connectivity index (χ1n) is 8.00. The molecule has 2 fully saturated rings. The number of nitrogens with one attached hydrogen (secondary N) is 1. The Morgan fingerprint density at radius 3 is 2.33 bits per heavy atom. The summed E-state index contributed by atoms with van der Waals surface area (Å²) in [6.07, 6.45) is 10.7. The van der Waals surface area contributed by atoms with Gasteiger partial charge in [0.15, 0.2) is 0 Å². The maximum absolute atomic E-state index is 5.95. The van der Waals surface area contributed by atoms with Crippen LogP contribution in [0.25, 0.3) is 0 Å². The lowest BCUT2D eigenvalue weighted by Gasteiger charge is -2.51. The van der Waals surface area contributed by atoms with E-state index in [4.69, 9.17) is 4.74 Å². The maximum Gasteiger partial charge on any atom is 0.0833 e. The molecule has 0 spiro atoms. The van der Waals surface area contributed by atoms with Gasteiger partial charge in [0.05, 0.1) is 5.60 Å². The molecular weight excluding hydrogens is 222 g/mol. The Kier molecular flexibility index (Phi) is 5.08. The van der Waals surface area contributed by atoms with Crippen LogP contribution in [-0.2, 0) is 4.74 Å². The Balaban J connectivity index is 2.00. The molecule has 2 rings (SSSR count). The zero-order valence-corrected chi connectivity index (χ0v) is 12.5. The number of hydrogen-bond acceptors (Lipinski definition) is 2. The van der Waals surface area contributed by atoms with E-state index in [0.717, 1.165) is 18.4 Å². The standard InChI is InChI=1S/C16H31NO/c1-4-12-17-15(16(18-3)10-5-11-16)14-8-6-13(2)7-9-14/h13-15,17H,4-12H2,1-3H3. The molecule has 0 heterocycles. The van der Waals surface area contributed by atoms with E-state index < -0.39 is 0 Å². The van der Waals surface area contributed by atoms with Gasteiger partial charge in [-0.2, -0.15) is 0 Å². The van der Waals surface area contributed by atoms with Crippen LogP contribution < -0.4 is 5.32 Å². The van der Waals surface area contributed by atoms with E-state index in [0.29, 0.717) is 6.04 Å². The van der Waals surface area contributed by atoms with Crippen molar-refractivity contribution in [1.82, 2.24) is 5.32 Å². The number of rotatable bonds is 6. The van der Waals surface area contributed by atoms with Gasteiger partial charge in [0, 0.05) is 13.2 Å². The summed E-state index contributed by atoms with van der Waals surface area (Å²) in [6, 6.07) is 0.601. The lowest BCUT2D eigenvalue weighted by molar-refractivity contribution is -0.115. The minimum absolute atomic E-state index is 0.167. The zero-order valence-electron chi connectivity index (χ0n) is 12.5. The van der Waals surface area contributed by atoms with Gasteiger partial charge in [-0.25, -0.2) is 0 Å². The summed E-state index contributed by atoms with van der Waals surface area (Å²) < 4.78 is 5.95. The molecule has 0 aromatic carbocycles. The smallest absolute Gasteiger partial charge is 0.0833 e. The first-order chi connectivity index (χ1) is 8.72. The van der Waals surface area contributed by atoms with Crippen LogP contribution in [0.3, 0.4) is 0 Å². The van der Waals surface area contributed by atoms with Crippen LogP contribution in [0, 0.1) is 11.8 Å². The monoisotopic (exact) mass is 253 g/mol. The second-order valence-corrected chi connectivity index (χ2v) is 6.57.